The first-order valence-electron chi connectivity index (χ1n) is 8.40. The smallest absolute Gasteiger partial charge is 0.410 e. The number of methoxy groups -OCH3 is 1. The van der Waals surface area contributed by atoms with Crippen molar-refractivity contribution in [2.45, 2.75) is 71.0 Å². The highest BCUT2D eigenvalue weighted by Gasteiger charge is 2.36. The van der Waals surface area contributed by atoms with E-state index in [1.165, 1.54) is 7.11 Å². The summed E-state index contributed by atoms with van der Waals surface area (Å²) in [5.74, 6) is -0.209. The Bertz CT molecular complexity index is 394. The first-order valence-corrected chi connectivity index (χ1v) is 8.40. The first kappa shape index (κ1) is 19.7. The van der Waals surface area contributed by atoms with Crippen LogP contribution in [-0.4, -0.2) is 55.0 Å². The lowest BCUT2D eigenvalue weighted by Crippen LogP contribution is -2.49. The minimum Gasteiger partial charge on any atom is -0.469 e. The Morgan fingerprint density at radius 1 is 1.17 bits per heavy atom. The molecule has 1 amide bonds. The monoisotopic (exact) mass is 329 g/mol. The molecular weight excluding hydrogens is 298 g/mol. The van der Waals surface area contributed by atoms with Gasteiger partial charge in [0.05, 0.1) is 12.7 Å². The maximum Gasteiger partial charge on any atom is 0.410 e. The van der Waals surface area contributed by atoms with Crippen LogP contribution in [0.5, 0.6) is 0 Å². The molecule has 1 rings (SSSR count). The maximum atomic E-state index is 12.1. The van der Waals surface area contributed by atoms with E-state index in [0.717, 1.165) is 19.3 Å². The highest BCUT2D eigenvalue weighted by Crippen LogP contribution is 2.30. The predicted octanol–water partition coefficient (Wildman–Crippen LogP) is 3.14. The Labute approximate surface area is 139 Å². The van der Waals surface area contributed by atoms with Gasteiger partial charge in [-0.25, -0.2) is 4.79 Å². The molecule has 0 aromatic heterocycles. The molecule has 0 radical (unpaired) electrons. The fourth-order valence-electron chi connectivity index (χ4n) is 2.63. The molecule has 0 spiro atoms. The Hall–Kier alpha value is -1.30. The second kappa shape index (κ2) is 8.52. The van der Waals surface area contributed by atoms with Gasteiger partial charge in [-0.3, -0.25) is 4.79 Å². The number of piperidine rings is 1. The molecule has 0 atom stereocenters. The van der Waals surface area contributed by atoms with E-state index in [1.807, 2.05) is 20.8 Å². The molecule has 1 aliphatic heterocycles. The van der Waals surface area contributed by atoms with Crippen molar-refractivity contribution in [2.24, 2.45) is 0 Å². The van der Waals surface area contributed by atoms with Crippen LogP contribution in [0, 0.1) is 0 Å². The number of hydrogen-bond acceptors (Lipinski definition) is 5. The second-order valence-corrected chi connectivity index (χ2v) is 7.03. The average Bonchev–Trinajstić information content (AvgIpc) is 2.50. The van der Waals surface area contributed by atoms with Crippen molar-refractivity contribution in [1.82, 2.24) is 4.90 Å². The Kier molecular flexibility index (Phi) is 7.32. The second-order valence-electron chi connectivity index (χ2n) is 7.03. The standard InChI is InChI=1S/C17H31NO5/c1-6-17(22-13-7-8-14(19)21-5)9-11-18(12-10-17)15(20)23-16(2,3)4/h6-13H2,1-5H3. The molecule has 0 aromatic carbocycles. The molecule has 0 saturated carbocycles. The third kappa shape index (κ3) is 6.77. The van der Waals surface area contributed by atoms with Gasteiger partial charge in [0.1, 0.15) is 5.60 Å². The molecule has 1 fully saturated rings. The third-order valence-electron chi connectivity index (χ3n) is 4.13. The zero-order chi connectivity index (χ0) is 17.5. The average molecular weight is 329 g/mol. The van der Waals surface area contributed by atoms with Gasteiger partial charge in [0.15, 0.2) is 0 Å². The minimum absolute atomic E-state index is 0.200. The molecule has 0 aliphatic carbocycles. The molecule has 6 heteroatoms. The van der Waals surface area contributed by atoms with E-state index in [1.54, 1.807) is 4.90 Å². The number of carbonyl (C=O) groups is 2. The predicted molar refractivity (Wildman–Crippen MR) is 87.3 cm³/mol. The lowest BCUT2D eigenvalue weighted by atomic mass is 9.88. The van der Waals surface area contributed by atoms with Crippen molar-refractivity contribution in [1.29, 1.82) is 0 Å². The molecule has 23 heavy (non-hydrogen) atoms. The topological polar surface area (TPSA) is 65.1 Å². The van der Waals surface area contributed by atoms with E-state index in [2.05, 4.69) is 11.7 Å². The van der Waals surface area contributed by atoms with Crippen LogP contribution in [0.25, 0.3) is 0 Å². The summed E-state index contributed by atoms with van der Waals surface area (Å²) < 4.78 is 16.1. The number of esters is 1. The molecule has 0 N–H and O–H groups in total. The van der Waals surface area contributed by atoms with Gasteiger partial charge in [-0.15, -0.1) is 0 Å². The summed E-state index contributed by atoms with van der Waals surface area (Å²) in [5.41, 5.74) is -0.671. The zero-order valence-electron chi connectivity index (χ0n) is 15.1. The first-order chi connectivity index (χ1) is 10.7. The number of nitrogens with zero attached hydrogens (tertiary/aromatic N) is 1. The molecule has 0 unspecified atom stereocenters. The van der Waals surface area contributed by atoms with E-state index in [9.17, 15) is 9.59 Å². The van der Waals surface area contributed by atoms with Crippen molar-refractivity contribution in [3.05, 3.63) is 0 Å². The van der Waals surface area contributed by atoms with Gasteiger partial charge >= 0.3 is 12.1 Å². The van der Waals surface area contributed by atoms with Crippen molar-refractivity contribution in [2.75, 3.05) is 26.8 Å². The quantitative estimate of drug-likeness (QED) is 0.553. The lowest BCUT2D eigenvalue weighted by Gasteiger charge is -2.41. The summed E-state index contributed by atoms with van der Waals surface area (Å²) in [4.78, 5) is 24.9. The fraction of sp³-hybridized carbons (Fsp3) is 0.882. The van der Waals surface area contributed by atoms with Gasteiger partial charge in [-0.05, 0) is 46.5 Å². The van der Waals surface area contributed by atoms with Crippen LogP contribution in [0.2, 0.25) is 0 Å². The van der Waals surface area contributed by atoms with Crippen molar-refractivity contribution in [3.63, 3.8) is 0 Å². The SMILES string of the molecule is CCC1(OCCCC(=O)OC)CCN(C(=O)OC(C)(C)C)CC1. The summed E-state index contributed by atoms with van der Waals surface area (Å²) >= 11 is 0. The Balaban J connectivity index is 2.40. The highest BCUT2D eigenvalue weighted by atomic mass is 16.6. The lowest BCUT2D eigenvalue weighted by molar-refractivity contribution is -0.142. The molecule has 1 heterocycles. The zero-order valence-corrected chi connectivity index (χ0v) is 15.1. The van der Waals surface area contributed by atoms with Gasteiger partial charge in [-0.2, -0.15) is 0 Å². The van der Waals surface area contributed by atoms with Crippen LogP contribution in [0.4, 0.5) is 4.79 Å². The number of rotatable bonds is 6. The Morgan fingerprint density at radius 3 is 2.26 bits per heavy atom. The molecule has 0 aromatic rings. The molecular formula is C17H31NO5. The highest BCUT2D eigenvalue weighted by molar-refractivity contribution is 5.69. The number of ether oxygens (including phenoxy) is 3. The normalized spacial score (nSPS) is 17.7. The Morgan fingerprint density at radius 2 is 1.78 bits per heavy atom. The van der Waals surface area contributed by atoms with Gasteiger partial charge in [0.2, 0.25) is 0 Å². The third-order valence-corrected chi connectivity index (χ3v) is 4.13. The van der Waals surface area contributed by atoms with Gasteiger partial charge in [0.25, 0.3) is 0 Å². The molecule has 134 valence electrons. The van der Waals surface area contributed by atoms with Crippen LogP contribution in [0.1, 0.15) is 59.8 Å². The van der Waals surface area contributed by atoms with Crippen molar-refractivity contribution in [3.8, 4) is 0 Å². The number of carbonyl (C=O) groups excluding carboxylic acids is 2. The van der Waals surface area contributed by atoms with E-state index >= 15 is 0 Å². The largest absolute Gasteiger partial charge is 0.469 e. The molecule has 1 saturated heterocycles. The van der Waals surface area contributed by atoms with E-state index in [0.29, 0.717) is 32.5 Å². The summed E-state index contributed by atoms with van der Waals surface area (Å²) in [6, 6.07) is 0. The van der Waals surface area contributed by atoms with Crippen LogP contribution >= 0.6 is 0 Å². The van der Waals surface area contributed by atoms with Crippen LogP contribution < -0.4 is 0 Å². The fourth-order valence-corrected chi connectivity index (χ4v) is 2.63. The van der Waals surface area contributed by atoms with Crippen LogP contribution in [0.3, 0.4) is 0 Å². The van der Waals surface area contributed by atoms with E-state index in [-0.39, 0.29) is 17.7 Å². The minimum atomic E-state index is -0.471. The number of hydrogen-bond donors (Lipinski definition) is 0. The van der Waals surface area contributed by atoms with Crippen LogP contribution in [-0.2, 0) is 19.0 Å². The summed E-state index contributed by atoms with van der Waals surface area (Å²) in [6.45, 7) is 9.53. The van der Waals surface area contributed by atoms with Gasteiger partial charge in [0, 0.05) is 26.1 Å². The molecule has 0 bridgehead atoms. The summed E-state index contributed by atoms with van der Waals surface area (Å²) in [5, 5.41) is 0. The van der Waals surface area contributed by atoms with E-state index < -0.39 is 5.60 Å². The number of likely N-dealkylation sites (tertiary alicyclic amines) is 1. The van der Waals surface area contributed by atoms with Gasteiger partial charge < -0.3 is 19.1 Å². The molecule has 1 aliphatic rings. The van der Waals surface area contributed by atoms with Gasteiger partial charge in [-0.1, -0.05) is 6.92 Å². The van der Waals surface area contributed by atoms with Crippen molar-refractivity contribution < 1.29 is 23.8 Å². The maximum absolute atomic E-state index is 12.1. The summed E-state index contributed by atoms with van der Waals surface area (Å²) in [6.07, 6.45) is 3.26. The van der Waals surface area contributed by atoms with Crippen LogP contribution in [0.15, 0.2) is 0 Å². The number of amides is 1. The van der Waals surface area contributed by atoms with E-state index in [4.69, 9.17) is 9.47 Å². The van der Waals surface area contributed by atoms with Crippen molar-refractivity contribution >= 4 is 12.1 Å². The summed E-state index contributed by atoms with van der Waals surface area (Å²) in [7, 11) is 1.39. The molecule has 6 nitrogen and oxygen atoms in total.